The van der Waals surface area contributed by atoms with E-state index in [9.17, 15) is 23.4 Å². The third-order valence-electron chi connectivity index (χ3n) is 5.07. The first-order chi connectivity index (χ1) is 11.9. The molecular weight excluding hydrogens is 340 g/mol. The molecule has 1 aliphatic rings. The van der Waals surface area contributed by atoms with Gasteiger partial charge >= 0.3 is 5.97 Å². The molecule has 3 atom stereocenters. The Kier molecular flexibility index (Phi) is 4.43. The molecule has 1 saturated carbocycles. The number of carboxylic acid groups (broad SMARTS) is 1. The van der Waals surface area contributed by atoms with Gasteiger partial charge in [0.15, 0.2) is 9.84 Å². The van der Waals surface area contributed by atoms with Gasteiger partial charge in [-0.2, -0.15) is 0 Å². The normalized spacial score (nSPS) is 25.5. The molecule has 0 amide bonds. The number of hydrogen-bond acceptors (Lipinski definition) is 4. The molecule has 1 fully saturated rings. The van der Waals surface area contributed by atoms with Gasteiger partial charge in [0.1, 0.15) is 5.41 Å². The van der Waals surface area contributed by atoms with Crippen molar-refractivity contribution in [2.75, 3.05) is 6.61 Å². The molecule has 0 spiro atoms. The van der Waals surface area contributed by atoms with Crippen molar-refractivity contribution >= 4 is 15.8 Å². The molecular formula is C19H20O5S. The number of hydrogen-bond donors (Lipinski definition) is 2. The van der Waals surface area contributed by atoms with Crippen molar-refractivity contribution in [2.24, 2.45) is 5.41 Å². The highest BCUT2D eigenvalue weighted by Gasteiger charge is 2.75. The van der Waals surface area contributed by atoms with Crippen LogP contribution in [0.2, 0.25) is 0 Å². The lowest BCUT2D eigenvalue weighted by molar-refractivity contribution is -0.145. The molecule has 25 heavy (non-hydrogen) atoms. The van der Waals surface area contributed by atoms with Crippen LogP contribution in [-0.2, 0) is 21.1 Å². The van der Waals surface area contributed by atoms with Gasteiger partial charge < -0.3 is 10.2 Å². The molecule has 1 aliphatic carbocycles. The highest BCUT2D eigenvalue weighted by Crippen LogP contribution is 2.64. The number of aliphatic carboxylic acids is 1. The fraction of sp³-hybridized carbons (Fsp3) is 0.316. The third kappa shape index (κ3) is 2.65. The van der Waals surface area contributed by atoms with Crippen LogP contribution >= 0.6 is 0 Å². The van der Waals surface area contributed by atoms with Crippen molar-refractivity contribution in [2.45, 2.75) is 29.4 Å². The van der Waals surface area contributed by atoms with Gasteiger partial charge in [-0.1, -0.05) is 49.4 Å². The van der Waals surface area contributed by atoms with E-state index in [1.807, 2.05) is 19.1 Å². The standard InChI is InChI=1S/C19H20O5S/c1-2-13-8-10-14(11-9-13)16-17(19(16,12-20)18(21)22)25(23,24)15-6-4-3-5-7-15/h3-11,16-17,20H,2,12H2,1H3,(H,21,22)/t16-,17+,19-/m1/s1. The van der Waals surface area contributed by atoms with Crippen molar-refractivity contribution in [3.8, 4) is 0 Å². The summed E-state index contributed by atoms with van der Waals surface area (Å²) in [6, 6.07) is 15.1. The van der Waals surface area contributed by atoms with Crippen LogP contribution in [0.5, 0.6) is 0 Å². The Balaban J connectivity index is 2.08. The summed E-state index contributed by atoms with van der Waals surface area (Å²) in [7, 11) is -3.88. The molecule has 0 unspecified atom stereocenters. The molecule has 132 valence electrons. The Bertz CT molecular complexity index is 874. The van der Waals surface area contributed by atoms with Crippen LogP contribution in [0.3, 0.4) is 0 Å². The van der Waals surface area contributed by atoms with E-state index in [1.165, 1.54) is 12.1 Å². The van der Waals surface area contributed by atoms with E-state index in [2.05, 4.69) is 0 Å². The predicted octanol–water partition coefficient (Wildman–Crippen LogP) is 2.25. The second kappa shape index (κ2) is 6.28. The third-order valence-corrected chi connectivity index (χ3v) is 7.36. The number of rotatable bonds is 6. The van der Waals surface area contributed by atoms with Gasteiger partial charge in [-0.15, -0.1) is 0 Å². The van der Waals surface area contributed by atoms with Gasteiger partial charge in [-0.3, -0.25) is 4.79 Å². The maximum Gasteiger partial charge on any atom is 0.314 e. The van der Waals surface area contributed by atoms with Gasteiger partial charge in [-0.05, 0) is 29.7 Å². The van der Waals surface area contributed by atoms with Crippen LogP contribution in [0.1, 0.15) is 24.0 Å². The van der Waals surface area contributed by atoms with Crippen LogP contribution < -0.4 is 0 Å². The number of aliphatic hydroxyl groups excluding tert-OH is 1. The van der Waals surface area contributed by atoms with Gasteiger partial charge in [0.2, 0.25) is 0 Å². The minimum absolute atomic E-state index is 0.0757. The largest absolute Gasteiger partial charge is 0.481 e. The lowest BCUT2D eigenvalue weighted by Crippen LogP contribution is -2.27. The number of aryl methyl sites for hydroxylation is 1. The van der Waals surface area contributed by atoms with Gasteiger partial charge in [0.05, 0.1) is 16.8 Å². The average Bonchev–Trinajstić information content (AvgIpc) is 3.34. The highest BCUT2D eigenvalue weighted by atomic mass is 32.2. The molecule has 0 bridgehead atoms. The lowest BCUT2D eigenvalue weighted by atomic mass is 9.99. The monoisotopic (exact) mass is 360 g/mol. The Morgan fingerprint density at radius 3 is 2.16 bits per heavy atom. The van der Waals surface area contributed by atoms with Crippen LogP contribution in [-0.4, -0.2) is 36.5 Å². The summed E-state index contributed by atoms with van der Waals surface area (Å²) < 4.78 is 26.0. The first-order valence-electron chi connectivity index (χ1n) is 8.11. The highest BCUT2D eigenvalue weighted by molar-refractivity contribution is 7.92. The minimum atomic E-state index is -3.88. The summed E-state index contributed by atoms with van der Waals surface area (Å²) in [5.74, 6) is -2.06. The first-order valence-corrected chi connectivity index (χ1v) is 9.66. The fourth-order valence-electron chi connectivity index (χ4n) is 3.56. The zero-order valence-corrected chi connectivity index (χ0v) is 14.6. The molecule has 0 aromatic heterocycles. The lowest BCUT2D eigenvalue weighted by Gasteiger charge is -2.09. The fourth-order valence-corrected chi connectivity index (χ4v) is 5.95. The van der Waals surface area contributed by atoms with Crippen LogP contribution in [0.4, 0.5) is 0 Å². The van der Waals surface area contributed by atoms with E-state index in [4.69, 9.17) is 0 Å². The Hall–Kier alpha value is -2.18. The molecule has 0 heterocycles. The molecule has 0 saturated heterocycles. The van der Waals surface area contributed by atoms with E-state index in [0.29, 0.717) is 5.56 Å². The number of carbonyl (C=O) groups is 1. The van der Waals surface area contributed by atoms with Crippen molar-refractivity contribution in [1.29, 1.82) is 0 Å². The molecule has 2 aromatic carbocycles. The SMILES string of the molecule is CCc1ccc([C@@H]2[C@H](S(=O)(=O)c3ccccc3)[C@]2(CO)C(=O)O)cc1. The summed E-state index contributed by atoms with van der Waals surface area (Å²) in [6.45, 7) is 1.28. The summed E-state index contributed by atoms with van der Waals surface area (Å²) in [4.78, 5) is 12.0. The van der Waals surface area contributed by atoms with E-state index < -0.39 is 39.0 Å². The topological polar surface area (TPSA) is 91.7 Å². The Labute approximate surface area is 146 Å². The summed E-state index contributed by atoms with van der Waals surface area (Å²) in [5, 5.41) is 18.3. The average molecular weight is 360 g/mol. The van der Waals surface area contributed by atoms with Gasteiger partial charge in [-0.25, -0.2) is 8.42 Å². The van der Waals surface area contributed by atoms with Crippen molar-refractivity contribution in [3.05, 3.63) is 65.7 Å². The quantitative estimate of drug-likeness (QED) is 0.824. The number of benzene rings is 2. The molecule has 0 radical (unpaired) electrons. The van der Waals surface area contributed by atoms with E-state index >= 15 is 0 Å². The van der Waals surface area contributed by atoms with Crippen molar-refractivity contribution in [3.63, 3.8) is 0 Å². The Morgan fingerprint density at radius 1 is 1.08 bits per heavy atom. The minimum Gasteiger partial charge on any atom is -0.481 e. The van der Waals surface area contributed by atoms with Crippen LogP contribution in [0.15, 0.2) is 59.5 Å². The molecule has 6 heteroatoms. The molecule has 2 N–H and O–H groups in total. The van der Waals surface area contributed by atoms with Crippen LogP contribution in [0, 0.1) is 5.41 Å². The smallest absolute Gasteiger partial charge is 0.314 e. The van der Waals surface area contributed by atoms with E-state index in [0.717, 1.165) is 12.0 Å². The Morgan fingerprint density at radius 2 is 1.68 bits per heavy atom. The zero-order chi connectivity index (χ0) is 18.2. The number of aliphatic hydroxyl groups is 1. The van der Waals surface area contributed by atoms with Gasteiger partial charge in [0.25, 0.3) is 0 Å². The second-order valence-corrected chi connectivity index (χ2v) is 8.42. The van der Waals surface area contributed by atoms with E-state index in [1.54, 1.807) is 30.3 Å². The van der Waals surface area contributed by atoms with Crippen LogP contribution in [0.25, 0.3) is 0 Å². The number of sulfone groups is 1. The van der Waals surface area contributed by atoms with Crippen molar-refractivity contribution in [1.82, 2.24) is 0 Å². The molecule has 2 aromatic rings. The number of carboxylic acids is 1. The maximum atomic E-state index is 13.0. The van der Waals surface area contributed by atoms with Gasteiger partial charge in [0, 0.05) is 5.92 Å². The maximum absolute atomic E-state index is 13.0. The van der Waals surface area contributed by atoms with E-state index in [-0.39, 0.29) is 4.90 Å². The molecule has 5 nitrogen and oxygen atoms in total. The summed E-state index contributed by atoms with van der Waals surface area (Å²) >= 11 is 0. The van der Waals surface area contributed by atoms with Crippen molar-refractivity contribution < 1.29 is 23.4 Å². The predicted molar refractivity (Wildman–Crippen MR) is 93.1 cm³/mol. The zero-order valence-electron chi connectivity index (χ0n) is 13.8. The second-order valence-electron chi connectivity index (χ2n) is 6.36. The first kappa shape index (κ1) is 17.6. The molecule has 3 rings (SSSR count). The summed E-state index contributed by atoms with van der Waals surface area (Å²) in [6.07, 6.45) is 0.834. The molecule has 0 aliphatic heterocycles. The summed E-state index contributed by atoms with van der Waals surface area (Å²) in [5.41, 5.74) is -0.00229.